The van der Waals surface area contributed by atoms with Gasteiger partial charge in [0.05, 0.1) is 5.56 Å². The molecule has 0 aromatic carbocycles. The zero-order chi connectivity index (χ0) is 10.4. The fourth-order valence-corrected chi connectivity index (χ4v) is 2.28. The van der Waals surface area contributed by atoms with Crippen LogP contribution in [0.5, 0.6) is 0 Å². The standard InChI is InChI=1S/C10H11BrN2S/c1-2-3-4-14-10-8(6-12)5-9(11)7-13-10/h5,7H,2-4H2,1H3. The minimum absolute atomic E-state index is 0.653. The molecule has 0 fully saturated rings. The van der Waals surface area contributed by atoms with Gasteiger partial charge in [-0.15, -0.1) is 11.8 Å². The van der Waals surface area contributed by atoms with Gasteiger partial charge in [-0.2, -0.15) is 5.26 Å². The van der Waals surface area contributed by atoms with Gasteiger partial charge in [-0.1, -0.05) is 13.3 Å². The molecule has 0 saturated heterocycles. The van der Waals surface area contributed by atoms with Crippen molar-refractivity contribution in [2.24, 2.45) is 0 Å². The van der Waals surface area contributed by atoms with Gasteiger partial charge in [0.15, 0.2) is 0 Å². The molecule has 0 bridgehead atoms. The highest BCUT2D eigenvalue weighted by Crippen LogP contribution is 2.23. The SMILES string of the molecule is CCCCSc1ncc(Br)cc1C#N. The van der Waals surface area contributed by atoms with Crippen molar-refractivity contribution in [3.8, 4) is 6.07 Å². The Balaban J connectivity index is 2.72. The van der Waals surface area contributed by atoms with E-state index in [0.717, 1.165) is 21.7 Å². The number of hydrogen-bond acceptors (Lipinski definition) is 3. The molecule has 74 valence electrons. The van der Waals surface area contributed by atoms with Crippen LogP contribution in [-0.2, 0) is 0 Å². The van der Waals surface area contributed by atoms with Crippen molar-refractivity contribution in [1.82, 2.24) is 4.98 Å². The summed E-state index contributed by atoms with van der Waals surface area (Å²) in [5.41, 5.74) is 0.653. The molecule has 0 aliphatic carbocycles. The van der Waals surface area contributed by atoms with Crippen molar-refractivity contribution in [3.63, 3.8) is 0 Å². The van der Waals surface area contributed by atoms with E-state index < -0.39 is 0 Å². The van der Waals surface area contributed by atoms with E-state index >= 15 is 0 Å². The number of rotatable bonds is 4. The van der Waals surface area contributed by atoms with Gasteiger partial charge in [0.2, 0.25) is 0 Å². The van der Waals surface area contributed by atoms with Crippen molar-refractivity contribution in [2.75, 3.05) is 5.75 Å². The van der Waals surface area contributed by atoms with Crippen LogP contribution in [-0.4, -0.2) is 10.7 Å². The minimum Gasteiger partial charge on any atom is -0.247 e. The van der Waals surface area contributed by atoms with Crippen molar-refractivity contribution in [2.45, 2.75) is 24.8 Å². The number of nitriles is 1. The first-order valence-electron chi connectivity index (χ1n) is 4.46. The Bertz CT molecular complexity index is 346. The topological polar surface area (TPSA) is 36.7 Å². The van der Waals surface area contributed by atoms with E-state index in [2.05, 4.69) is 33.9 Å². The first kappa shape index (κ1) is 11.5. The molecule has 1 heterocycles. The minimum atomic E-state index is 0.653. The van der Waals surface area contributed by atoms with Crippen LogP contribution in [0.2, 0.25) is 0 Å². The maximum absolute atomic E-state index is 8.88. The van der Waals surface area contributed by atoms with Crippen molar-refractivity contribution >= 4 is 27.7 Å². The monoisotopic (exact) mass is 270 g/mol. The summed E-state index contributed by atoms with van der Waals surface area (Å²) in [5.74, 6) is 1.03. The second kappa shape index (κ2) is 6.05. The molecule has 14 heavy (non-hydrogen) atoms. The lowest BCUT2D eigenvalue weighted by atomic mass is 10.3. The van der Waals surface area contributed by atoms with Gasteiger partial charge < -0.3 is 0 Å². The molecular weight excluding hydrogens is 260 g/mol. The largest absolute Gasteiger partial charge is 0.247 e. The fourth-order valence-electron chi connectivity index (χ4n) is 0.935. The second-order valence-electron chi connectivity index (χ2n) is 2.82. The molecule has 0 radical (unpaired) electrons. The Morgan fingerprint density at radius 2 is 2.43 bits per heavy atom. The van der Waals surface area contributed by atoms with E-state index in [1.165, 1.54) is 6.42 Å². The van der Waals surface area contributed by atoms with E-state index in [0.29, 0.717) is 5.56 Å². The van der Waals surface area contributed by atoms with E-state index in [4.69, 9.17) is 5.26 Å². The van der Waals surface area contributed by atoms with Crippen LogP contribution >= 0.6 is 27.7 Å². The first-order chi connectivity index (χ1) is 6.77. The predicted octanol–water partition coefficient (Wildman–Crippen LogP) is 3.61. The van der Waals surface area contributed by atoms with Gasteiger partial charge in [0, 0.05) is 10.7 Å². The molecule has 0 spiro atoms. The van der Waals surface area contributed by atoms with Gasteiger partial charge in [-0.05, 0) is 34.2 Å². The molecule has 1 aromatic rings. The fraction of sp³-hybridized carbons (Fsp3) is 0.400. The average Bonchev–Trinajstić information content (AvgIpc) is 2.20. The summed E-state index contributed by atoms with van der Waals surface area (Å²) in [6.45, 7) is 2.15. The van der Waals surface area contributed by atoms with Crippen LogP contribution < -0.4 is 0 Å². The van der Waals surface area contributed by atoms with Gasteiger partial charge >= 0.3 is 0 Å². The smallest absolute Gasteiger partial charge is 0.114 e. The summed E-state index contributed by atoms with van der Waals surface area (Å²) < 4.78 is 0.855. The number of pyridine rings is 1. The number of nitrogens with zero attached hydrogens (tertiary/aromatic N) is 2. The number of halogens is 1. The molecule has 0 aliphatic heterocycles. The van der Waals surface area contributed by atoms with Crippen molar-refractivity contribution in [1.29, 1.82) is 5.26 Å². The lowest BCUT2D eigenvalue weighted by Crippen LogP contribution is -1.88. The highest BCUT2D eigenvalue weighted by molar-refractivity contribution is 9.10. The summed E-state index contributed by atoms with van der Waals surface area (Å²) in [6, 6.07) is 3.96. The molecule has 1 rings (SSSR count). The molecule has 4 heteroatoms. The van der Waals surface area contributed by atoms with Crippen molar-refractivity contribution < 1.29 is 0 Å². The lowest BCUT2D eigenvalue weighted by Gasteiger charge is -2.01. The number of aromatic nitrogens is 1. The molecule has 0 saturated carbocycles. The number of hydrogen-bond donors (Lipinski definition) is 0. The number of thioether (sulfide) groups is 1. The van der Waals surface area contributed by atoms with Crippen LogP contribution in [0.1, 0.15) is 25.3 Å². The zero-order valence-corrected chi connectivity index (χ0v) is 10.4. The van der Waals surface area contributed by atoms with E-state index in [9.17, 15) is 0 Å². The Morgan fingerprint density at radius 3 is 3.07 bits per heavy atom. The molecule has 0 amide bonds. The van der Waals surface area contributed by atoms with E-state index in [1.807, 2.05) is 0 Å². The predicted molar refractivity (Wildman–Crippen MR) is 62.3 cm³/mol. The van der Waals surface area contributed by atoms with Gasteiger partial charge in [-0.25, -0.2) is 4.98 Å². The quantitative estimate of drug-likeness (QED) is 0.620. The second-order valence-corrected chi connectivity index (χ2v) is 4.82. The van der Waals surface area contributed by atoms with Crippen LogP contribution in [0, 0.1) is 11.3 Å². The maximum atomic E-state index is 8.88. The highest BCUT2D eigenvalue weighted by atomic mass is 79.9. The molecule has 0 aliphatic rings. The summed E-state index contributed by atoms with van der Waals surface area (Å²) in [7, 11) is 0. The van der Waals surface area contributed by atoms with E-state index in [-0.39, 0.29) is 0 Å². The first-order valence-corrected chi connectivity index (χ1v) is 6.24. The molecule has 2 nitrogen and oxygen atoms in total. The Morgan fingerprint density at radius 1 is 1.64 bits per heavy atom. The Kier molecular flexibility index (Phi) is 4.99. The zero-order valence-electron chi connectivity index (χ0n) is 7.96. The van der Waals surface area contributed by atoms with Gasteiger partial charge in [0.1, 0.15) is 11.1 Å². The van der Waals surface area contributed by atoms with Crippen molar-refractivity contribution in [3.05, 3.63) is 22.3 Å². The molecular formula is C10H11BrN2S. The third-order valence-electron chi connectivity index (χ3n) is 1.67. The highest BCUT2D eigenvalue weighted by Gasteiger charge is 2.04. The number of unbranched alkanes of at least 4 members (excludes halogenated alkanes) is 1. The average molecular weight is 271 g/mol. The Hall–Kier alpha value is -0.530. The Labute approximate surface area is 96.9 Å². The maximum Gasteiger partial charge on any atom is 0.114 e. The third-order valence-corrected chi connectivity index (χ3v) is 3.20. The molecule has 0 atom stereocenters. The molecule has 0 N–H and O–H groups in total. The summed E-state index contributed by atoms with van der Waals surface area (Å²) in [4.78, 5) is 4.21. The lowest BCUT2D eigenvalue weighted by molar-refractivity contribution is 0.894. The third kappa shape index (κ3) is 3.32. The van der Waals surface area contributed by atoms with Gasteiger partial charge in [0.25, 0.3) is 0 Å². The molecule has 0 unspecified atom stereocenters. The van der Waals surface area contributed by atoms with Crippen LogP contribution in [0.15, 0.2) is 21.8 Å². The van der Waals surface area contributed by atoms with Gasteiger partial charge in [-0.3, -0.25) is 0 Å². The summed E-state index contributed by atoms with van der Waals surface area (Å²) in [6.07, 6.45) is 4.06. The normalized spacial score (nSPS) is 9.79. The summed E-state index contributed by atoms with van der Waals surface area (Å²) in [5, 5.41) is 9.71. The summed E-state index contributed by atoms with van der Waals surface area (Å²) >= 11 is 4.95. The van der Waals surface area contributed by atoms with Crippen LogP contribution in [0.4, 0.5) is 0 Å². The van der Waals surface area contributed by atoms with E-state index in [1.54, 1.807) is 24.0 Å². The molecule has 1 aromatic heterocycles. The van der Waals surface area contributed by atoms with Crippen LogP contribution in [0.25, 0.3) is 0 Å². The van der Waals surface area contributed by atoms with Crippen LogP contribution in [0.3, 0.4) is 0 Å².